The van der Waals surface area contributed by atoms with Crippen molar-refractivity contribution in [1.29, 1.82) is 0 Å². The molecule has 0 saturated carbocycles. The van der Waals surface area contributed by atoms with E-state index in [0.29, 0.717) is 0 Å². The number of nitrogens with zero attached hydrogens (tertiary/aromatic N) is 1. The molecule has 1 aromatic heterocycles. The van der Waals surface area contributed by atoms with E-state index < -0.39 is 0 Å². The number of rotatable bonds is 4. The van der Waals surface area contributed by atoms with Gasteiger partial charge in [-0.05, 0) is 59.0 Å². The number of pyridine rings is 1. The van der Waals surface area contributed by atoms with Crippen LogP contribution in [0.25, 0.3) is 32.9 Å². The Balaban J connectivity index is 2.12. The van der Waals surface area contributed by atoms with Crippen molar-refractivity contribution in [2.75, 3.05) is 10.6 Å². The third kappa shape index (κ3) is 3.87. The van der Waals surface area contributed by atoms with Gasteiger partial charge in [-0.15, -0.1) is 0 Å². The number of halogens is 1. The summed E-state index contributed by atoms with van der Waals surface area (Å²) in [6.45, 7) is 3.02. The van der Waals surface area contributed by atoms with Crippen LogP contribution in [0.5, 0.6) is 0 Å². The molecule has 0 spiro atoms. The van der Waals surface area contributed by atoms with Crippen molar-refractivity contribution < 1.29 is 14.2 Å². The van der Waals surface area contributed by atoms with Crippen LogP contribution in [-0.4, -0.2) is 11.8 Å². The lowest BCUT2D eigenvalue weighted by Gasteiger charge is -2.13. The van der Waals surface area contributed by atoms with Crippen molar-refractivity contribution in [3.05, 3.63) is 66.7 Å². The number of fused-ring (bicyclic) bond motifs is 3. The van der Waals surface area contributed by atoms with Gasteiger partial charge in [-0.1, -0.05) is 24.3 Å². The van der Waals surface area contributed by atoms with Gasteiger partial charge in [0.15, 0.2) is 4.55 Å². The highest BCUT2D eigenvalue weighted by molar-refractivity contribution is 14.1. The number of amides is 2. The Morgan fingerprint density at radius 2 is 1.40 bits per heavy atom. The second-order valence-electron chi connectivity index (χ2n) is 7.12. The number of carbonyl (C=O) groups is 2. The third-order valence-corrected chi connectivity index (χ3v) is 5.61. The van der Waals surface area contributed by atoms with Gasteiger partial charge < -0.3 is 10.6 Å². The van der Waals surface area contributed by atoms with Gasteiger partial charge in [0.1, 0.15) is 0 Å². The smallest absolute Gasteiger partial charge is 0.221 e. The minimum atomic E-state index is -0.0990. The number of hydrogen-bond acceptors (Lipinski definition) is 2. The average molecular weight is 510 g/mol. The summed E-state index contributed by atoms with van der Waals surface area (Å²) in [5.74, 6) is -0.197. The molecular formula is C24H21IN3O2+. The van der Waals surface area contributed by atoms with Gasteiger partial charge >= 0.3 is 0 Å². The number of benzene rings is 3. The highest BCUT2D eigenvalue weighted by Gasteiger charge is 2.23. The highest BCUT2D eigenvalue weighted by Crippen LogP contribution is 2.34. The van der Waals surface area contributed by atoms with Gasteiger partial charge in [0.25, 0.3) is 0 Å². The first-order chi connectivity index (χ1) is 14.5. The molecule has 3 aromatic carbocycles. The van der Waals surface area contributed by atoms with E-state index in [-0.39, 0.29) is 11.8 Å². The van der Waals surface area contributed by atoms with Crippen LogP contribution in [-0.2, 0) is 14.1 Å². The first-order valence-corrected chi connectivity index (χ1v) is 11.1. The number of anilines is 2. The minimum absolute atomic E-state index is 0.0978. The molecule has 0 unspecified atom stereocenters. The number of carbonyl (C=O) groups excluding carboxylic acids is 2. The zero-order valence-electron chi connectivity index (χ0n) is 16.7. The quantitative estimate of drug-likeness (QED) is 0.170. The monoisotopic (exact) mass is 510 g/mol. The maximum absolute atomic E-state index is 11.6. The summed E-state index contributed by atoms with van der Waals surface area (Å²) in [5, 5.41) is 9.02. The fraction of sp³-hybridized carbons (Fsp3) is 0.125. The van der Waals surface area contributed by atoms with E-state index in [2.05, 4.69) is 49.9 Å². The molecule has 2 amide bonds. The standard InChI is InChI=1S/C24H20IN3O2/c1-15(29)26-18-8-10-20-21-11-9-19(27-16(2)30)13-23(21)28(14-25)24(22(20)12-18)17-6-4-3-5-7-17/h3-13H,14H2,1-2H3,(H,26,29)/p+1. The number of hydrogen-bond donors (Lipinski definition) is 2. The number of aromatic nitrogens is 1. The molecule has 150 valence electrons. The van der Waals surface area contributed by atoms with E-state index >= 15 is 0 Å². The Morgan fingerprint density at radius 1 is 0.800 bits per heavy atom. The lowest BCUT2D eigenvalue weighted by molar-refractivity contribution is -0.631. The van der Waals surface area contributed by atoms with E-state index in [0.717, 1.165) is 48.9 Å². The zero-order valence-corrected chi connectivity index (χ0v) is 18.9. The lowest BCUT2D eigenvalue weighted by atomic mass is 9.98. The Kier molecular flexibility index (Phi) is 5.67. The Bertz CT molecular complexity index is 1290. The largest absolute Gasteiger partial charge is 0.326 e. The molecule has 0 aliphatic heterocycles. The molecule has 0 atom stereocenters. The number of alkyl halides is 1. The average Bonchev–Trinajstić information content (AvgIpc) is 2.72. The molecule has 5 nitrogen and oxygen atoms in total. The first kappa shape index (κ1) is 20.3. The van der Waals surface area contributed by atoms with E-state index in [1.165, 1.54) is 13.8 Å². The molecule has 4 aromatic rings. The van der Waals surface area contributed by atoms with Gasteiger partial charge in [0.2, 0.25) is 23.0 Å². The molecule has 0 radical (unpaired) electrons. The normalized spacial score (nSPS) is 10.9. The molecule has 30 heavy (non-hydrogen) atoms. The molecule has 0 fully saturated rings. The molecule has 1 heterocycles. The molecule has 4 rings (SSSR count). The summed E-state index contributed by atoms with van der Waals surface area (Å²) in [7, 11) is 0. The summed E-state index contributed by atoms with van der Waals surface area (Å²) >= 11 is 2.36. The van der Waals surface area contributed by atoms with E-state index in [1.807, 2.05) is 54.6 Å². The first-order valence-electron chi connectivity index (χ1n) is 9.58. The van der Waals surface area contributed by atoms with Crippen LogP contribution in [0, 0.1) is 0 Å². The molecule has 6 heteroatoms. The SMILES string of the molecule is CC(=O)Nc1ccc2c(c1)c(-c1ccccc1)[n+](CI)c1cc(NC(C)=O)ccc21. The third-order valence-electron chi connectivity index (χ3n) is 4.93. The lowest BCUT2D eigenvalue weighted by Crippen LogP contribution is -2.35. The summed E-state index contributed by atoms with van der Waals surface area (Å²) in [4.78, 5) is 23.2. The Labute approximate surface area is 188 Å². The summed E-state index contributed by atoms with van der Waals surface area (Å²) in [6, 6.07) is 22.2. The molecule has 2 N–H and O–H groups in total. The van der Waals surface area contributed by atoms with Gasteiger partial charge in [0, 0.05) is 42.2 Å². The predicted octanol–water partition coefficient (Wildman–Crippen LogP) is 5.26. The maximum Gasteiger partial charge on any atom is 0.221 e. The van der Waals surface area contributed by atoms with Crippen molar-refractivity contribution in [3.63, 3.8) is 0 Å². The van der Waals surface area contributed by atoms with Gasteiger partial charge in [-0.2, -0.15) is 4.57 Å². The highest BCUT2D eigenvalue weighted by atomic mass is 127. The topological polar surface area (TPSA) is 62.1 Å². The van der Waals surface area contributed by atoms with Gasteiger partial charge in [-0.3, -0.25) is 9.59 Å². The molecule has 0 bridgehead atoms. The maximum atomic E-state index is 11.6. The summed E-state index contributed by atoms with van der Waals surface area (Å²) < 4.78 is 2.97. The van der Waals surface area contributed by atoms with Gasteiger partial charge in [0.05, 0.1) is 10.8 Å². The van der Waals surface area contributed by atoms with E-state index in [9.17, 15) is 9.59 Å². The van der Waals surface area contributed by atoms with Crippen molar-refractivity contribution >= 4 is 67.5 Å². The second kappa shape index (κ2) is 8.39. The molecule has 0 aliphatic rings. The van der Waals surface area contributed by atoms with E-state index in [4.69, 9.17) is 0 Å². The fourth-order valence-electron chi connectivity index (χ4n) is 3.82. The zero-order chi connectivity index (χ0) is 21.3. The van der Waals surface area contributed by atoms with Crippen LogP contribution in [0.2, 0.25) is 0 Å². The fourth-order valence-corrected chi connectivity index (χ4v) is 4.53. The molecule has 0 saturated heterocycles. The van der Waals surface area contributed by atoms with Crippen LogP contribution < -0.4 is 15.2 Å². The van der Waals surface area contributed by atoms with Crippen LogP contribution in [0.15, 0.2) is 66.7 Å². The van der Waals surface area contributed by atoms with E-state index in [1.54, 1.807) is 0 Å². The number of nitrogens with one attached hydrogen (secondary N) is 2. The Morgan fingerprint density at radius 3 is 2.00 bits per heavy atom. The van der Waals surface area contributed by atoms with Crippen molar-refractivity contribution in [2.45, 2.75) is 18.4 Å². The Hall–Kier alpha value is -3.00. The summed E-state index contributed by atoms with van der Waals surface area (Å²) in [6.07, 6.45) is 0. The molecule has 0 aliphatic carbocycles. The van der Waals surface area contributed by atoms with Crippen LogP contribution in [0.3, 0.4) is 0 Å². The molecular weight excluding hydrogens is 489 g/mol. The van der Waals surface area contributed by atoms with Crippen molar-refractivity contribution in [3.8, 4) is 11.3 Å². The van der Waals surface area contributed by atoms with Crippen molar-refractivity contribution in [1.82, 2.24) is 0 Å². The van der Waals surface area contributed by atoms with Gasteiger partial charge in [-0.25, -0.2) is 0 Å². The van der Waals surface area contributed by atoms with Crippen LogP contribution in [0.4, 0.5) is 11.4 Å². The summed E-state index contributed by atoms with van der Waals surface area (Å²) in [5.41, 5.74) is 4.73. The van der Waals surface area contributed by atoms with Crippen LogP contribution >= 0.6 is 22.6 Å². The van der Waals surface area contributed by atoms with Crippen LogP contribution in [0.1, 0.15) is 13.8 Å². The van der Waals surface area contributed by atoms with Crippen molar-refractivity contribution in [2.24, 2.45) is 0 Å². The minimum Gasteiger partial charge on any atom is -0.326 e. The second-order valence-corrected chi connectivity index (χ2v) is 7.80. The predicted molar refractivity (Wildman–Crippen MR) is 130 cm³/mol.